The van der Waals surface area contributed by atoms with Gasteiger partial charge in [-0.05, 0) is 12.8 Å². The van der Waals surface area contributed by atoms with Crippen LogP contribution in [0.5, 0.6) is 0 Å². The predicted octanol–water partition coefficient (Wildman–Crippen LogP) is 2.99. The van der Waals surface area contributed by atoms with Crippen molar-refractivity contribution in [2.75, 3.05) is 27.7 Å². The van der Waals surface area contributed by atoms with E-state index < -0.39 is 25.0 Å². The molecule has 0 amide bonds. The van der Waals surface area contributed by atoms with Gasteiger partial charge in [-0.2, -0.15) is 0 Å². The number of hydrogen-bond acceptors (Lipinski definition) is 5. The molecule has 0 aromatic heterocycles. The van der Waals surface area contributed by atoms with Crippen LogP contribution in [-0.2, 0) is 18.7 Å². The third-order valence-corrected chi connectivity index (χ3v) is 4.93. The molecule has 0 heterocycles. The highest BCUT2D eigenvalue weighted by molar-refractivity contribution is 7.44. The molecule has 1 atom stereocenters. The number of Topliss-reactive ketones (excluding diaryl/α,β-unsaturated/α-hetero) is 2. The second-order valence-electron chi connectivity index (χ2n) is 8.30. The summed E-state index contributed by atoms with van der Waals surface area (Å²) >= 11 is 0. The minimum Gasteiger partial charge on any atom is -0.756 e. The van der Waals surface area contributed by atoms with E-state index in [1.165, 1.54) is 0 Å². The van der Waals surface area contributed by atoms with E-state index in [4.69, 9.17) is 4.52 Å². The lowest BCUT2D eigenvalue weighted by molar-refractivity contribution is -0.874. The minimum absolute atomic E-state index is 0.0562. The molecule has 0 aliphatic heterocycles. The van der Waals surface area contributed by atoms with E-state index in [1.54, 1.807) is 21.1 Å². The van der Waals surface area contributed by atoms with Crippen molar-refractivity contribution in [2.24, 2.45) is 0 Å². The first kappa shape index (κ1) is 26.4. The van der Waals surface area contributed by atoms with Crippen LogP contribution in [0.2, 0.25) is 0 Å². The van der Waals surface area contributed by atoms with E-state index in [0.717, 1.165) is 38.5 Å². The maximum Gasteiger partial charge on any atom is 0.266 e. The monoisotopic (exact) mass is 407 g/mol. The maximum atomic E-state index is 13.0. The number of hydrogen-bond donors (Lipinski definition) is 1. The highest BCUT2D eigenvalue weighted by Gasteiger charge is 2.51. The molecule has 0 bridgehead atoms. The quantitative estimate of drug-likeness (QED) is 0.183. The van der Waals surface area contributed by atoms with Crippen molar-refractivity contribution in [3.63, 3.8) is 0 Å². The van der Waals surface area contributed by atoms with Crippen LogP contribution in [0.3, 0.4) is 0 Å². The van der Waals surface area contributed by atoms with E-state index in [9.17, 15) is 23.9 Å². The zero-order valence-corrected chi connectivity index (χ0v) is 18.6. The van der Waals surface area contributed by atoms with Crippen molar-refractivity contribution in [2.45, 2.75) is 83.7 Å². The molecule has 27 heavy (non-hydrogen) atoms. The molecule has 7 nitrogen and oxygen atoms in total. The Morgan fingerprint density at radius 1 is 0.926 bits per heavy atom. The number of carbonyl (C=O) groups excluding carboxylic acids is 2. The lowest BCUT2D eigenvalue weighted by atomic mass is 9.86. The van der Waals surface area contributed by atoms with Crippen molar-refractivity contribution in [1.29, 1.82) is 0 Å². The Kier molecular flexibility index (Phi) is 11.8. The molecule has 1 unspecified atom stereocenters. The number of ketones is 2. The molecule has 8 heteroatoms. The minimum atomic E-state index is -5.27. The van der Waals surface area contributed by atoms with Gasteiger partial charge in [0.15, 0.2) is 11.6 Å². The van der Waals surface area contributed by atoms with Gasteiger partial charge in [-0.3, -0.25) is 18.7 Å². The summed E-state index contributed by atoms with van der Waals surface area (Å²) in [5.74, 6) is -1.12. The molecule has 1 N–H and O–H groups in total. The zero-order valence-electron chi connectivity index (χ0n) is 17.7. The second kappa shape index (κ2) is 12.1. The van der Waals surface area contributed by atoms with E-state index in [-0.39, 0.29) is 23.9 Å². The van der Waals surface area contributed by atoms with Crippen molar-refractivity contribution >= 4 is 19.4 Å². The van der Waals surface area contributed by atoms with Crippen molar-refractivity contribution < 1.29 is 32.9 Å². The molecule has 0 aromatic rings. The van der Waals surface area contributed by atoms with Gasteiger partial charge in [-0.15, -0.1) is 0 Å². The largest absolute Gasteiger partial charge is 0.756 e. The number of likely N-dealkylation sites (N-methyl/N-ethyl adjacent to an activating group) is 1. The van der Waals surface area contributed by atoms with Crippen LogP contribution in [-0.4, -0.2) is 54.2 Å². The van der Waals surface area contributed by atoms with Gasteiger partial charge in [-0.1, -0.05) is 52.4 Å². The van der Waals surface area contributed by atoms with Gasteiger partial charge < -0.3 is 14.3 Å². The average Bonchev–Trinajstić information content (AvgIpc) is 2.51. The Morgan fingerprint density at radius 2 is 1.33 bits per heavy atom. The zero-order chi connectivity index (χ0) is 21.1. The van der Waals surface area contributed by atoms with E-state index in [2.05, 4.69) is 0 Å². The molecular weight excluding hydrogens is 369 g/mol. The van der Waals surface area contributed by atoms with Gasteiger partial charge in [0.05, 0.1) is 21.1 Å². The van der Waals surface area contributed by atoms with Crippen LogP contribution < -0.4 is 4.89 Å². The van der Waals surface area contributed by atoms with Gasteiger partial charge in [0.2, 0.25) is 5.60 Å². The number of phosphoric ester groups is 1. The Morgan fingerprint density at radius 3 is 1.63 bits per heavy atom. The normalized spacial score (nSPS) is 14.8. The third kappa shape index (κ3) is 11.1. The Labute approximate surface area is 164 Å². The number of unbranched alkanes of at least 4 members (excludes halogenated alkanes) is 6. The standard InChI is InChI=1S/C19H38NO6P/c1-6-8-10-12-14-17(21)19(16-20(3,4)5,26-27(23,24)25)18(22)15-13-11-9-7-2/h6-16H2,1-5H3,(H-,23,24,25). The number of phosphoric acid groups is 1. The molecule has 0 fully saturated rings. The Hall–Kier alpha value is -0.590. The van der Waals surface area contributed by atoms with Crippen LogP contribution in [0.25, 0.3) is 0 Å². The molecule has 0 aromatic carbocycles. The first-order valence-corrected chi connectivity index (χ1v) is 11.5. The molecule has 0 saturated carbocycles. The molecule has 0 spiro atoms. The van der Waals surface area contributed by atoms with Gasteiger partial charge in [-0.25, -0.2) is 0 Å². The molecular formula is C19H38NO6P. The van der Waals surface area contributed by atoms with Gasteiger partial charge in [0, 0.05) is 12.8 Å². The fourth-order valence-electron chi connectivity index (χ4n) is 3.16. The summed E-state index contributed by atoms with van der Waals surface area (Å²) in [4.78, 5) is 46.9. The smallest absolute Gasteiger partial charge is 0.266 e. The number of quaternary nitrogens is 1. The van der Waals surface area contributed by atoms with Crippen LogP contribution in [0, 0.1) is 0 Å². The molecule has 0 saturated heterocycles. The van der Waals surface area contributed by atoms with E-state index in [1.807, 2.05) is 13.8 Å². The summed E-state index contributed by atoms with van der Waals surface area (Å²) in [6.45, 7) is 3.95. The average molecular weight is 407 g/mol. The molecule has 0 rings (SSSR count). The lowest BCUT2D eigenvalue weighted by Gasteiger charge is -2.39. The molecule has 0 aliphatic carbocycles. The number of carbonyl (C=O) groups is 2. The summed E-state index contributed by atoms with van der Waals surface area (Å²) in [6.07, 6.45) is 6.79. The fourth-order valence-corrected chi connectivity index (χ4v) is 3.81. The SMILES string of the molecule is CCCCCCC(=O)C(C[N+](C)(C)C)(OP(=O)([O-])O)C(=O)CCCCCC. The maximum absolute atomic E-state index is 13.0. The van der Waals surface area contributed by atoms with Crippen LogP contribution in [0.4, 0.5) is 0 Å². The summed E-state index contributed by atoms with van der Waals surface area (Å²) in [5, 5.41) is 0. The highest BCUT2D eigenvalue weighted by Crippen LogP contribution is 2.40. The Balaban J connectivity index is 5.61. The van der Waals surface area contributed by atoms with Crippen LogP contribution in [0.15, 0.2) is 0 Å². The van der Waals surface area contributed by atoms with Crippen molar-refractivity contribution in [3.8, 4) is 0 Å². The van der Waals surface area contributed by atoms with Gasteiger partial charge in [0.1, 0.15) is 6.54 Å². The topological polar surface area (TPSA) is 104 Å². The summed E-state index contributed by atoms with van der Waals surface area (Å²) in [6, 6.07) is 0. The van der Waals surface area contributed by atoms with Gasteiger partial charge >= 0.3 is 0 Å². The first-order chi connectivity index (χ1) is 12.4. The molecule has 0 radical (unpaired) electrons. The van der Waals surface area contributed by atoms with Gasteiger partial charge in [0.25, 0.3) is 7.82 Å². The second-order valence-corrected chi connectivity index (χ2v) is 9.42. The van der Waals surface area contributed by atoms with Crippen molar-refractivity contribution in [1.82, 2.24) is 0 Å². The summed E-state index contributed by atoms with van der Waals surface area (Å²) in [5.41, 5.74) is -2.15. The number of nitrogens with zero attached hydrogens (tertiary/aromatic N) is 1. The number of rotatable bonds is 16. The highest BCUT2D eigenvalue weighted by atomic mass is 31.2. The first-order valence-electron chi connectivity index (χ1n) is 9.99. The predicted molar refractivity (Wildman–Crippen MR) is 104 cm³/mol. The molecule has 160 valence electrons. The molecule has 0 aliphatic rings. The van der Waals surface area contributed by atoms with Crippen LogP contribution >= 0.6 is 7.82 Å². The van der Waals surface area contributed by atoms with E-state index >= 15 is 0 Å². The summed E-state index contributed by atoms with van der Waals surface area (Å²) in [7, 11) is -0.0226. The lowest BCUT2D eigenvalue weighted by Crippen LogP contribution is -2.60. The Bertz CT molecular complexity index is 485. The van der Waals surface area contributed by atoms with Crippen LogP contribution in [0.1, 0.15) is 78.1 Å². The van der Waals surface area contributed by atoms with Crippen molar-refractivity contribution in [3.05, 3.63) is 0 Å². The third-order valence-electron chi connectivity index (χ3n) is 4.38. The fraction of sp³-hybridized carbons (Fsp3) is 0.895. The summed E-state index contributed by atoms with van der Waals surface area (Å²) < 4.78 is 16.6. The van der Waals surface area contributed by atoms with E-state index in [0.29, 0.717) is 12.8 Å².